The molecule has 0 aromatic carbocycles. The molecule has 0 saturated carbocycles. The molecule has 0 amide bonds. The first-order valence-electron chi connectivity index (χ1n) is 5.27. The lowest BCUT2D eigenvalue weighted by molar-refractivity contribution is -0.0549. The van der Waals surface area contributed by atoms with Gasteiger partial charge in [0.1, 0.15) is 0 Å². The highest BCUT2D eigenvalue weighted by molar-refractivity contribution is 6.18. The second-order valence-electron chi connectivity index (χ2n) is 3.65. The SMILES string of the molecule is CCOCCN1CC(CCl)OCC1C. The van der Waals surface area contributed by atoms with Crippen LogP contribution in [0.4, 0.5) is 0 Å². The third-order valence-corrected chi connectivity index (χ3v) is 2.88. The predicted molar refractivity (Wildman–Crippen MR) is 58.0 cm³/mol. The molecule has 1 aliphatic heterocycles. The Bertz CT molecular complexity index is 157. The van der Waals surface area contributed by atoms with Crippen LogP contribution in [0.2, 0.25) is 0 Å². The molecule has 2 atom stereocenters. The molecule has 0 spiro atoms. The van der Waals surface area contributed by atoms with Crippen LogP contribution in [-0.2, 0) is 9.47 Å². The fourth-order valence-corrected chi connectivity index (χ4v) is 1.79. The summed E-state index contributed by atoms with van der Waals surface area (Å²) in [6.07, 6.45) is 0.189. The van der Waals surface area contributed by atoms with Crippen LogP contribution in [-0.4, -0.2) is 55.8 Å². The minimum absolute atomic E-state index is 0.189. The minimum atomic E-state index is 0.189. The molecular formula is C10H20ClNO2. The van der Waals surface area contributed by atoms with E-state index in [2.05, 4.69) is 11.8 Å². The number of ether oxygens (including phenoxy) is 2. The van der Waals surface area contributed by atoms with Gasteiger partial charge in [-0.05, 0) is 13.8 Å². The normalized spacial score (nSPS) is 29.4. The van der Waals surface area contributed by atoms with Crippen LogP contribution in [0.3, 0.4) is 0 Å². The summed E-state index contributed by atoms with van der Waals surface area (Å²) in [5.41, 5.74) is 0. The Morgan fingerprint density at radius 1 is 1.57 bits per heavy atom. The summed E-state index contributed by atoms with van der Waals surface area (Å²) in [4.78, 5) is 2.38. The van der Waals surface area contributed by atoms with E-state index in [4.69, 9.17) is 21.1 Å². The van der Waals surface area contributed by atoms with Crippen molar-refractivity contribution in [3.8, 4) is 0 Å². The van der Waals surface area contributed by atoms with Crippen LogP contribution in [0.15, 0.2) is 0 Å². The van der Waals surface area contributed by atoms with E-state index in [1.54, 1.807) is 0 Å². The van der Waals surface area contributed by atoms with Gasteiger partial charge in [-0.25, -0.2) is 0 Å². The molecule has 1 saturated heterocycles. The summed E-state index contributed by atoms with van der Waals surface area (Å²) in [5, 5.41) is 0. The molecule has 0 bridgehead atoms. The minimum Gasteiger partial charge on any atom is -0.380 e. The zero-order valence-corrected chi connectivity index (χ0v) is 9.79. The summed E-state index contributed by atoms with van der Waals surface area (Å²) in [6.45, 7) is 8.47. The molecule has 0 N–H and O–H groups in total. The van der Waals surface area contributed by atoms with Crippen molar-refractivity contribution < 1.29 is 9.47 Å². The lowest BCUT2D eigenvalue weighted by Crippen LogP contribution is -2.49. The molecule has 1 aliphatic rings. The van der Waals surface area contributed by atoms with Gasteiger partial charge in [0.05, 0.1) is 19.3 Å². The third-order valence-electron chi connectivity index (χ3n) is 2.53. The Kier molecular flexibility index (Phi) is 5.78. The fraction of sp³-hybridized carbons (Fsp3) is 1.00. The first-order valence-corrected chi connectivity index (χ1v) is 5.80. The van der Waals surface area contributed by atoms with Crippen molar-refractivity contribution in [2.75, 3.05) is 38.8 Å². The maximum atomic E-state index is 5.77. The van der Waals surface area contributed by atoms with E-state index in [0.717, 1.165) is 32.9 Å². The van der Waals surface area contributed by atoms with Gasteiger partial charge in [0.2, 0.25) is 0 Å². The zero-order valence-electron chi connectivity index (χ0n) is 9.04. The summed E-state index contributed by atoms with van der Waals surface area (Å²) in [7, 11) is 0. The van der Waals surface area contributed by atoms with Crippen LogP contribution in [0, 0.1) is 0 Å². The van der Waals surface area contributed by atoms with Crippen molar-refractivity contribution in [3.05, 3.63) is 0 Å². The third kappa shape index (κ3) is 3.73. The largest absolute Gasteiger partial charge is 0.380 e. The fourth-order valence-electron chi connectivity index (χ4n) is 1.61. The van der Waals surface area contributed by atoms with Crippen molar-refractivity contribution in [3.63, 3.8) is 0 Å². The summed E-state index contributed by atoms with van der Waals surface area (Å²) >= 11 is 5.77. The Balaban J connectivity index is 2.25. The number of hydrogen-bond acceptors (Lipinski definition) is 3. The second kappa shape index (κ2) is 6.62. The number of alkyl halides is 1. The quantitative estimate of drug-likeness (QED) is 0.517. The van der Waals surface area contributed by atoms with E-state index in [9.17, 15) is 0 Å². The number of nitrogens with zero attached hydrogens (tertiary/aromatic N) is 1. The Morgan fingerprint density at radius 3 is 3.00 bits per heavy atom. The number of morpholine rings is 1. The number of halogens is 1. The smallest absolute Gasteiger partial charge is 0.0837 e. The van der Waals surface area contributed by atoms with Gasteiger partial charge in [0, 0.05) is 31.6 Å². The first kappa shape index (κ1) is 12.2. The van der Waals surface area contributed by atoms with Gasteiger partial charge in [0.25, 0.3) is 0 Å². The molecule has 14 heavy (non-hydrogen) atoms. The van der Waals surface area contributed by atoms with Crippen molar-refractivity contribution in [2.24, 2.45) is 0 Å². The molecule has 4 heteroatoms. The Morgan fingerprint density at radius 2 is 2.36 bits per heavy atom. The Labute approximate surface area is 91.3 Å². The van der Waals surface area contributed by atoms with Crippen molar-refractivity contribution in [1.82, 2.24) is 4.90 Å². The Hall–Kier alpha value is 0.170. The second-order valence-corrected chi connectivity index (χ2v) is 3.96. The van der Waals surface area contributed by atoms with E-state index < -0.39 is 0 Å². The van der Waals surface area contributed by atoms with Crippen LogP contribution in [0.1, 0.15) is 13.8 Å². The molecule has 2 unspecified atom stereocenters. The molecule has 84 valence electrons. The first-order chi connectivity index (χ1) is 6.77. The van der Waals surface area contributed by atoms with E-state index in [1.807, 2.05) is 6.92 Å². The molecule has 0 aromatic rings. The molecule has 0 aliphatic carbocycles. The van der Waals surface area contributed by atoms with E-state index in [1.165, 1.54) is 0 Å². The molecule has 3 nitrogen and oxygen atoms in total. The van der Waals surface area contributed by atoms with Crippen molar-refractivity contribution in [2.45, 2.75) is 26.0 Å². The summed E-state index contributed by atoms with van der Waals surface area (Å²) in [6, 6.07) is 0.481. The summed E-state index contributed by atoms with van der Waals surface area (Å²) < 4.78 is 10.9. The van der Waals surface area contributed by atoms with Gasteiger partial charge in [-0.1, -0.05) is 0 Å². The average molecular weight is 222 g/mol. The maximum Gasteiger partial charge on any atom is 0.0837 e. The number of hydrogen-bond donors (Lipinski definition) is 0. The highest BCUT2D eigenvalue weighted by Gasteiger charge is 2.24. The van der Waals surface area contributed by atoms with Gasteiger partial charge in [-0.2, -0.15) is 0 Å². The molecule has 1 fully saturated rings. The van der Waals surface area contributed by atoms with E-state index in [0.29, 0.717) is 11.9 Å². The highest BCUT2D eigenvalue weighted by atomic mass is 35.5. The van der Waals surface area contributed by atoms with Gasteiger partial charge >= 0.3 is 0 Å². The van der Waals surface area contributed by atoms with Crippen LogP contribution in [0.5, 0.6) is 0 Å². The highest BCUT2D eigenvalue weighted by Crippen LogP contribution is 2.12. The predicted octanol–water partition coefficient (Wildman–Crippen LogP) is 1.35. The van der Waals surface area contributed by atoms with Crippen molar-refractivity contribution in [1.29, 1.82) is 0 Å². The van der Waals surface area contributed by atoms with Crippen LogP contribution >= 0.6 is 11.6 Å². The van der Waals surface area contributed by atoms with E-state index in [-0.39, 0.29) is 6.10 Å². The lowest BCUT2D eigenvalue weighted by Gasteiger charge is -2.37. The lowest BCUT2D eigenvalue weighted by atomic mass is 10.2. The molecule has 0 aromatic heterocycles. The monoisotopic (exact) mass is 221 g/mol. The molecule has 0 radical (unpaired) electrons. The topological polar surface area (TPSA) is 21.7 Å². The van der Waals surface area contributed by atoms with Crippen molar-refractivity contribution >= 4 is 11.6 Å². The van der Waals surface area contributed by atoms with Gasteiger partial charge < -0.3 is 9.47 Å². The molecular weight excluding hydrogens is 202 g/mol. The van der Waals surface area contributed by atoms with Crippen LogP contribution < -0.4 is 0 Å². The molecule has 1 heterocycles. The van der Waals surface area contributed by atoms with E-state index >= 15 is 0 Å². The maximum absolute atomic E-state index is 5.77. The van der Waals surface area contributed by atoms with Gasteiger partial charge in [-0.3, -0.25) is 4.90 Å². The molecule has 1 rings (SSSR count). The zero-order chi connectivity index (χ0) is 10.4. The van der Waals surface area contributed by atoms with Gasteiger partial charge in [-0.15, -0.1) is 11.6 Å². The van der Waals surface area contributed by atoms with Gasteiger partial charge in [0.15, 0.2) is 0 Å². The number of rotatable bonds is 5. The summed E-state index contributed by atoms with van der Waals surface area (Å²) in [5.74, 6) is 0.581. The van der Waals surface area contributed by atoms with Crippen LogP contribution in [0.25, 0.3) is 0 Å². The standard InChI is InChI=1S/C10H20ClNO2/c1-3-13-5-4-12-7-10(6-11)14-8-9(12)2/h9-10H,3-8H2,1-2H3. The average Bonchev–Trinajstić information content (AvgIpc) is 2.21.